The van der Waals surface area contributed by atoms with Crippen LogP contribution in [-0.2, 0) is 14.0 Å². The van der Waals surface area contributed by atoms with Crippen molar-refractivity contribution in [1.82, 2.24) is 0 Å². The Labute approximate surface area is 155 Å². The summed E-state index contributed by atoms with van der Waals surface area (Å²) in [4.78, 5) is 12.0. The van der Waals surface area contributed by atoms with Gasteiger partial charge in [0, 0.05) is 5.57 Å². The number of hydrogen-bond acceptors (Lipinski definition) is 3. The minimum Gasteiger partial charge on any atom is -0.452 e. The van der Waals surface area contributed by atoms with Crippen molar-refractivity contribution in [3.63, 3.8) is 0 Å². The summed E-state index contributed by atoms with van der Waals surface area (Å²) in [6.45, 7) is 20.3. The second kappa shape index (κ2) is 6.52. The molecule has 0 bridgehead atoms. The molecule has 1 aliphatic heterocycles. The third kappa shape index (κ3) is 4.21. The Morgan fingerprint density at radius 1 is 1.12 bits per heavy atom. The van der Waals surface area contributed by atoms with Gasteiger partial charge in [-0.25, -0.2) is 4.79 Å². The second-order valence-corrected chi connectivity index (χ2v) is 15.5. The Bertz CT molecular complexity index is 540. The van der Waals surface area contributed by atoms with Crippen LogP contribution >= 0.6 is 0 Å². The maximum Gasteiger partial charge on any atom is 0.334 e. The summed E-state index contributed by atoms with van der Waals surface area (Å²) in [6.07, 6.45) is 6.01. The summed E-state index contributed by atoms with van der Waals surface area (Å²) in [6, 6.07) is 0. The fraction of sp³-hybridized carbons (Fsp3) is 0.857. The van der Waals surface area contributed by atoms with Gasteiger partial charge in [0.15, 0.2) is 8.32 Å². The summed E-state index contributed by atoms with van der Waals surface area (Å²) >= 11 is 0. The van der Waals surface area contributed by atoms with E-state index in [-0.39, 0.29) is 22.7 Å². The molecule has 144 valence electrons. The average molecular weight is 367 g/mol. The van der Waals surface area contributed by atoms with E-state index in [4.69, 9.17) is 9.16 Å². The van der Waals surface area contributed by atoms with Crippen LogP contribution in [0.25, 0.3) is 0 Å². The van der Waals surface area contributed by atoms with Gasteiger partial charge in [0.25, 0.3) is 0 Å². The molecule has 1 atom stereocenters. The minimum absolute atomic E-state index is 0.141. The highest BCUT2D eigenvalue weighted by molar-refractivity contribution is 6.74. The van der Waals surface area contributed by atoms with Gasteiger partial charge in [0.2, 0.25) is 0 Å². The lowest BCUT2D eigenvalue weighted by molar-refractivity contribution is -0.153. The fourth-order valence-electron chi connectivity index (χ4n) is 3.88. The van der Waals surface area contributed by atoms with Gasteiger partial charge < -0.3 is 9.16 Å². The molecule has 0 aromatic rings. The number of carbonyl (C=O) groups excluding carboxylic acids is 1. The van der Waals surface area contributed by atoms with Gasteiger partial charge in [-0.2, -0.15) is 0 Å². The zero-order chi connectivity index (χ0) is 19.3. The Morgan fingerprint density at radius 2 is 1.64 bits per heavy atom. The van der Waals surface area contributed by atoms with Crippen LogP contribution in [0.5, 0.6) is 0 Å². The maximum atomic E-state index is 12.0. The molecule has 4 heteroatoms. The first-order valence-electron chi connectivity index (χ1n) is 9.78. The molecule has 0 amide bonds. The summed E-state index contributed by atoms with van der Waals surface area (Å²) in [7, 11) is -1.96. The number of rotatable bonds is 3. The van der Waals surface area contributed by atoms with E-state index in [1.165, 1.54) is 0 Å². The Balaban J connectivity index is 2.30. The highest BCUT2D eigenvalue weighted by atomic mass is 28.4. The molecule has 3 nitrogen and oxygen atoms in total. The summed E-state index contributed by atoms with van der Waals surface area (Å²) in [5, 5.41) is 0.141. The van der Waals surface area contributed by atoms with Crippen LogP contribution < -0.4 is 0 Å². The van der Waals surface area contributed by atoms with E-state index in [1.54, 1.807) is 0 Å². The predicted octanol–water partition coefficient (Wildman–Crippen LogP) is 5.86. The van der Waals surface area contributed by atoms with Gasteiger partial charge >= 0.3 is 5.97 Å². The lowest BCUT2D eigenvalue weighted by atomic mass is 9.67. The molecular formula is C21H38O3Si. The SMILES string of the molecule is CC1=C[C@@H](C2(O[Si](C)(C)C(C)(C)C)CCC(C(C)(C)C)CC2)OC1=O. The van der Waals surface area contributed by atoms with Crippen LogP contribution in [0.3, 0.4) is 0 Å². The minimum atomic E-state index is -1.96. The molecule has 1 aliphatic carbocycles. The van der Waals surface area contributed by atoms with Crippen LogP contribution in [0, 0.1) is 11.3 Å². The van der Waals surface area contributed by atoms with Gasteiger partial charge in [-0.1, -0.05) is 41.5 Å². The van der Waals surface area contributed by atoms with Crippen molar-refractivity contribution < 1.29 is 14.0 Å². The summed E-state index contributed by atoms with van der Waals surface area (Å²) in [5.74, 6) is 0.520. The highest BCUT2D eigenvalue weighted by Gasteiger charge is 2.52. The molecule has 0 saturated heterocycles. The van der Waals surface area contributed by atoms with Crippen LogP contribution in [0.15, 0.2) is 11.6 Å². The van der Waals surface area contributed by atoms with Crippen LogP contribution in [0.2, 0.25) is 18.1 Å². The predicted molar refractivity (Wildman–Crippen MR) is 106 cm³/mol. The van der Waals surface area contributed by atoms with Gasteiger partial charge in [0.05, 0.1) is 5.60 Å². The average Bonchev–Trinajstić information content (AvgIpc) is 2.77. The summed E-state index contributed by atoms with van der Waals surface area (Å²) in [5.41, 5.74) is 0.695. The normalized spacial score (nSPS) is 31.7. The molecule has 0 radical (unpaired) electrons. The quantitative estimate of drug-likeness (QED) is 0.464. The lowest BCUT2D eigenvalue weighted by Gasteiger charge is -2.51. The molecule has 0 spiro atoms. The zero-order valence-electron chi connectivity index (χ0n) is 17.8. The Hall–Kier alpha value is -0.613. The number of ether oxygens (including phenoxy) is 1. The number of esters is 1. The van der Waals surface area contributed by atoms with Gasteiger partial charge in [-0.3, -0.25) is 0 Å². The molecule has 0 N–H and O–H groups in total. The van der Waals surface area contributed by atoms with Gasteiger partial charge in [-0.15, -0.1) is 0 Å². The maximum absolute atomic E-state index is 12.0. The Kier molecular flexibility index (Phi) is 5.40. The first kappa shape index (κ1) is 20.7. The van der Waals surface area contributed by atoms with E-state index in [2.05, 4.69) is 54.6 Å². The van der Waals surface area contributed by atoms with Crippen LogP contribution in [0.4, 0.5) is 0 Å². The van der Waals surface area contributed by atoms with Crippen molar-refractivity contribution in [1.29, 1.82) is 0 Å². The third-order valence-electron chi connectivity index (χ3n) is 6.80. The molecule has 0 unspecified atom stereocenters. The van der Waals surface area contributed by atoms with Crippen molar-refractivity contribution in [2.24, 2.45) is 11.3 Å². The van der Waals surface area contributed by atoms with Crippen LogP contribution in [0.1, 0.15) is 74.1 Å². The van der Waals surface area contributed by atoms with Crippen molar-refractivity contribution in [2.75, 3.05) is 0 Å². The topological polar surface area (TPSA) is 35.5 Å². The second-order valence-electron chi connectivity index (χ2n) is 10.7. The van der Waals surface area contributed by atoms with Crippen LogP contribution in [-0.4, -0.2) is 26.0 Å². The molecule has 0 aromatic carbocycles. The molecule has 2 rings (SSSR count). The molecule has 1 saturated carbocycles. The highest BCUT2D eigenvalue weighted by Crippen LogP contribution is 2.49. The first-order valence-corrected chi connectivity index (χ1v) is 12.7. The van der Waals surface area contributed by atoms with Crippen molar-refractivity contribution in [3.8, 4) is 0 Å². The van der Waals surface area contributed by atoms with E-state index in [9.17, 15) is 4.79 Å². The number of carbonyl (C=O) groups is 1. The molecule has 1 fully saturated rings. The zero-order valence-corrected chi connectivity index (χ0v) is 18.8. The molecular weight excluding hydrogens is 328 g/mol. The number of cyclic esters (lactones) is 1. The number of hydrogen-bond donors (Lipinski definition) is 0. The van der Waals surface area contributed by atoms with E-state index in [0.29, 0.717) is 11.3 Å². The molecule has 25 heavy (non-hydrogen) atoms. The van der Waals surface area contributed by atoms with Crippen molar-refractivity contribution >= 4 is 14.3 Å². The molecule has 2 aliphatic rings. The standard InChI is InChI=1S/C21H38O3Si/c1-15-14-17(23-18(15)22)21(24-25(8,9)20(5,6)7)12-10-16(11-13-21)19(2,3)4/h14,16-17H,10-13H2,1-9H3/t16?,17-,21?/m0/s1. The van der Waals surface area contributed by atoms with E-state index < -0.39 is 8.32 Å². The molecule has 1 heterocycles. The lowest BCUT2D eigenvalue weighted by Crippen LogP contribution is -2.56. The summed E-state index contributed by atoms with van der Waals surface area (Å²) < 4.78 is 12.8. The van der Waals surface area contributed by atoms with Crippen molar-refractivity contribution in [3.05, 3.63) is 11.6 Å². The van der Waals surface area contributed by atoms with E-state index in [0.717, 1.165) is 31.3 Å². The molecule has 0 aromatic heterocycles. The third-order valence-corrected chi connectivity index (χ3v) is 11.3. The van der Waals surface area contributed by atoms with Gasteiger partial charge in [-0.05, 0) is 68.1 Å². The first-order chi connectivity index (χ1) is 11.2. The monoisotopic (exact) mass is 366 g/mol. The fourth-order valence-corrected chi connectivity index (χ4v) is 5.52. The van der Waals surface area contributed by atoms with Gasteiger partial charge in [0.1, 0.15) is 6.10 Å². The van der Waals surface area contributed by atoms with Crippen molar-refractivity contribution in [2.45, 2.75) is 104 Å². The largest absolute Gasteiger partial charge is 0.452 e. The Morgan fingerprint density at radius 3 is 2.00 bits per heavy atom. The van der Waals surface area contributed by atoms with E-state index >= 15 is 0 Å². The smallest absolute Gasteiger partial charge is 0.334 e. The van der Waals surface area contributed by atoms with E-state index in [1.807, 2.05) is 13.0 Å².